The molecule has 0 atom stereocenters. The van der Waals surface area contributed by atoms with E-state index in [0.717, 1.165) is 11.8 Å². The monoisotopic (exact) mass is 320 g/mol. The van der Waals surface area contributed by atoms with Crippen molar-refractivity contribution in [2.45, 2.75) is 13.3 Å². The van der Waals surface area contributed by atoms with E-state index >= 15 is 0 Å². The normalized spacial score (nSPS) is 11.9. The van der Waals surface area contributed by atoms with Crippen molar-refractivity contribution < 1.29 is 4.39 Å². The first-order chi connectivity index (χ1) is 6.69. The Hall–Kier alpha value is -0.150. The van der Waals surface area contributed by atoms with Crippen LogP contribution in [-0.4, -0.2) is 5.33 Å². The second-order valence-corrected chi connectivity index (χ2v) is 4.35. The van der Waals surface area contributed by atoms with Crippen molar-refractivity contribution in [1.82, 2.24) is 0 Å². The van der Waals surface area contributed by atoms with Gasteiger partial charge in [0.2, 0.25) is 0 Å². The number of hydrogen-bond donors (Lipinski definition) is 0. The molecule has 3 heteroatoms. The van der Waals surface area contributed by atoms with Gasteiger partial charge in [0, 0.05) is 10.9 Å². The lowest BCUT2D eigenvalue weighted by atomic mass is 10.1. The highest BCUT2D eigenvalue weighted by Crippen LogP contribution is 2.21. The topological polar surface area (TPSA) is 0 Å². The Balaban J connectivity index is 3.07. The third kappa shape index (κ3) is 2.92. The average Bonchev–Trinajstić information content (AvgIpc) is 2.20. The summed E-state index contributed by atoms with van der Waals surface area (Å²) in [4.78, 5) is 0. The molecular weight excluding hydrogens is 311 g/mol. The maximum absolute atomic E-state index is 13.5. The van der Waals surface area contributed by atoms with E-state index in [4.69, 9.17) is 0 Å². The van der Waals surface area contributed by atoms with Crippen LogP contribution in [0, 0.1) is 5.82 Å². The molecule has 0 heterocycles. The van der Waals surface area contributed by atoms with E-state index in [1.807, 2.05) is 12.1 Å². The lowest BCUT2D eigenvalue weighted by molar-refractivity contribution is 0.618. The van der Waals surface area contributed by atoms with Crippen molar-refractivity contribution in [2.24, 2.45) is 0 Å². The standard InChI is InChI=1S/C11H11Br2F/c1-2-8(7-12)6-9-4-3-5-10(13)11(9)14/h3-6H,2,7H2,1H3/b8-6-. The minimum Gasteiger partial charge on any atom is -0.205 e. The largest absolute Gasteiger partial charge is 0.205 e. The summed E-state index contributed by atoms with van der Waals surface area (Å²) in [5.41, 5.74) is 1.82. The fourth-order valence-electron chi connectivity index (χ4n) is 1.09. The van der Waals surface area contributed by atoms with Gasteiger partial charge in [0.25, 0.3) is 0 Å². The van der Waals surface area contributed by atoms with Crippen molar-refractivity contribution in [3.05, 3.63) is 39.6 Å². The molecule has 0 amide bonds. The molecule has 1 aromatic rings. The lowest BCUT2D eigenvalue weighted by Crippen LogP contribution is -1.87. The molecule has 0 aromatic heterocycles. The zero-order chi connectivity index (χ0) is 10.6. The van der Waals surface area contributed by atoms with E-state index in [0.29, 0.717) is 10.0 Å². The Bertz CT molecular complexity index is 339. The van der Waals surface area contributed by atoms with Crippen molar-refractivity contribution in [3.63, 3.8) is 0 Å². The van der Waals surface area contributed by atoms with Gasteiger partial charge in [0.15, 0.2) is 0 Å². The van der Waals surface area contributed by atoms with Crippen LogP contribution in [0.3, 0.4) is 0 Å². The van der Waals surface area contributed by atoms with E-state index in [2.05, 4.69) is 38.8 Å². The van der Waals surface area contributed by atoms with Crippen LogP contribution in [0.15, 0.2) is 28.2 Å². The third-order valence-electron chi connectivity index (χ3n) is 1.97. The van der Waals surface area contributed by atoms with Crippen LogP contribution in [0.5, 0.6) is 0 Å². The van der Waals surface area contributed by atoms with E-state index in [1.54, 1.807) is 12.1 Å². The highest BCUT2D eigenvalue weighted by molar-refractivity contribution is 9.10. The molecule has 0 spiro atoms. The molecule has 0 fully saturated rings. The Kier molecular flexibility index (Phi) is 4.82. The predicted molar refractivity (Wildman–Crippen MR) is 66.2 cm³/mol. The number of halogens is 3. The molecule has 0 radical (unpaired) electrons. The minimum absolute atomic E-state index is 0.195. The first-order valence-electron chi connectivity index (χ1n) is 4.38. The van der Waals surface area contributed by atoms with Gasteiger partial charge >= 0.3 is 0 Å². The minimum atomic E-state index is -0.195. The zero-order valence-corrected chi connectivity index (χ0v) is 11.0. The number of hydrogen-bond acceptors (Lipinski definition) is 0. The Morgan fingerprint density at radius 3 is 2.79 bits per heavy atom. The molecule has 1 aromatic carbocycles. The molecule has 0 unspecified atom stereocenters. The summed E-state index contributed by atoms with van der Waals surface area (Å²) in [6, 6.07) is 5.31. The van der Waals surface area contributed by atoms with Crippen molar-refractivity contribution in [3.8, 4) is 0 Å². The highest BCUT2D eigenvalue weighted by Gasteiger charge is 2.03. The van der Waals surface area contributed by atoms with Crippen LogP contribution in [0.4, 0.5) is 4.39 Å². The van der Waals surface area contributed by atoms with Crippen LogP contribution in [-0.2, 0) is 0 Å². The molecule has 0 bridgehead atoms. The molecule has 14 heavy (non-hydrogen) atoms. The first kappa shape index (κ1) is 11.9. The molecule has 0 aliphatic heterocycles. The summed E-state index contributed by atoms with van der Waals surface area (Å²) in [6.45, 7) is 2.06. The van der Waals surface area contributed by atoms with Gasteiger partial charge in [0.1, 0.15) is 5.82 Å². The molecule has 0 N–H and O–H groups in total. The molecule has 0 aliphatic carbocycles. The Morgan fingerprint density at radius 1 is 1.50 bits per heavy atom. The van der Waals surface area contributed by atoms with E-state index in [9.17, 15) is 4.39 Å². The third-order valence-corrected chi connectivity index (χ3v) is 3.30. The van der Waals surface area contributed by atoms with E-state index < -0.39 is 0 Å². The van der Waals surface area contributed by atoms with Crippen molar-refractivity contribution in [1.29, 1.82) is 0 Å². The summed E-state index contributed by atoms with van der Waals surface area (Å²) < 4.78 is 14.0. The summed E-state index contributed by atoms with van der Waals surface area (Å²) in [7, 11) is 0. The van der Waals surface area contributed by atoms with Gasteiger partial charge in [-0.2, -0.15) is 0 Å². The summed E-state index contributed by atoms with van der Waals surface area (Å²) >= 11 is 6.54. The Morgan fingerprint density at radius 2 is 2.21 bits per heavy atom. The maximum atomic E-state index is 13.5. The highest BCUT2D eigenvalue weighted by atomic mass is 79.9. The van der Waals surface area contributed by atoms with Crippen LogP contribution in [0.25, 0.3) is 6.08 Å². The number of rotatable bonds is 3. The Labute approximate surface area is 100 Å². The molecule has 0 aliphatic rings. The lowest BCUT2D eigenvalue weighted by Gasteiger charge is -2.02. The maximum Gasteiger partial charge on any atom is 0.144 e. The zero-order valence-electron chi connectivity index (χ0n) is 7.86. The SMILES string of the molecule is CC/C(=C/c1cccc(Br)c1F)CBr. The van der Waals surface area contributed by atoms with Crippen molar-refractivity contribution >= 4 is 37.9 Å². The van der Waals surface area contributed by atoms with Crippen LogP contribution in [0.1, 0.15) is 18.9 Å². The van der Waals surface area contributed by atoms with Gasteiger partial charge in [-0.25, -0.2) is 4.39 Å². The molecule has 0 saturated heterocycles. The van der Waals surface area contributed by atoms with Crippen LogP contribution < -0.4 is 0 Å². The molecule has 1 rings (SSSR count). The van der Waals surface area contributed by atoms with E-state index in [1.165, 1.54) is 5.57 Å². The van der Waals surface area contributed by atoms with Gasteiger partial charge in [-0.3, -0.25) is 0 Å². The summed E-state index contributed by atoms with van der Waals surface area (Å²) in [6.07, 6.45) is 2.81. The molecule has 76 valence electrons. The van der Waals surface area contributed by atoms with E-state index in [-0.39, 0.29) is 5.82 Å². The first-order valence-corrected chi connectivity index (χ1v) is 6.30. The number of benzene rings is 1. The van der Waals surface area contributed by atoms with Crippen LogP contribution >= 0.6 is 31.9 Å². The molecule has 0 saturated carbocycles. The number of alkyl halides is 1. The summed E-state index contributed by atoms with van der Waals surface area (Å²) in [5, 5.41) is 0.787. The van der Waals surface area contributed by atoms with Crippen LogP contribution in [0.2, 0.25) is 0 Å². The van der Waals surface area contributed by atoms with Gasteiger partial charge in [-0.1, -0.05) is 46.6 Å². The second kappa shape index (κ2) is 5.66. The quantitative estimate of drug-likeness (QED) is 0.703. The predicted octanol–water partition coefficient (Wildman–Crippen LogP) is 4.78. The number of allylic oxidation sites excluding steroid dienone is 1. The second-order valence-electron chi connectivity index (χ2n) is 2.93. The fraction of sp³-hybridized carbons (Fsp3) is 0.273. The van der Waals surface area contributed by atoms with Gasteiger partial charge < -0.3 is 0 Å². The molecule has 0 nitrogen and oxygen atoms in total. The van der Waals surface area contributed by atoms with Gasteiger partial charge in [-0.05, 0) is 28.4 Å². The molecular formula is C11H11Br2F. The average molecular weight is 322 g/mol. The fourth-order valence-corrected chi connectivity index (χ4v) is 2.03. The van der Waals surface area contributed by atoms with Gasteiger partial charge in [0.05, 0.1) is 4.47 Å². The van der Waals surface area contributed by atoms with Gasteiger partial charge in [-0.15, -0.1) is 0 Å². The summed E-state index contributed by atoms with van der Waals surface area (Å²) in [5.74, 6) is -0.195. The van der Waals surface area contributed by atoms with Crippen molar-refractivity contribution in [2.75, 3.05) is 5.33 Å². The smallest absolute Gasteiger partial charge is 0.144 e.